The van der Waals surface area contributed by atoms with Gasteiger partial charge in [-0.1, -0.05) is 17.7 Å². The SMILES string of the molecule is CN(c1ncnc2[nH]ccc12)C1CCC(CS(=O)(=O)N2CCC[C@@H](O)C2)CC1.Cc1ccc(S(=O)(=O)n2ccc3c(N(C)C4CCC(CS(=O)(=O)O)CC4)ncnc32)cc1. The molecule has 3 aliphatic rings. The number of aromatic amines is 1. The minimum Gasteiger partial charge on any atom is -0.392 e. The van der Waals surface area contributed by atoms with E-state index in [9.17, 15) is 30.4 Å². The number of hydrogen-bond donors (Lipinski definition) is 3. The summed E-state index contributed by atoms with van der Waals surface area (Å²) in [4.78, 5) is 24.9. The first-order chi connectivity index (χ1) is 28.5. The molecule has 0 unspecified atom stereocenters. The van der Waals surface area contributed by atoms with Crippen molar-refractivity contribution in [3.05, 3.63) is 67.0 Å². The molecular weight excluding hydrogens is 831 g/mol. The predicted octanol–water partition coefficient (Wildman–Crippen LogP) is 4.60. The quantitative estimate of drug-likeness (QED) is 0.154. The van der Waals surface area contributed by atoms with Gasteiger partial charge in [0, 0.05) is 51.7 Å². The van der Waals surface area contributed by atoms with Gasteiger partial charge in [-0.3, -0.25) is 4.55 Å². The maximum absolute atomic E-state index is 13.2. The van der Waals surface area contributed by atoms with Crippen LogP contribution < -0.4 is 9.80 Å². The normalized spacial score (nSPS) is 23.2. The van der Waals surface area contributed by atoms with Gasteiger partial charge in [-0.25, -0.2) is 40.7 Å². The molecule has 3 fully saturated rings. The lowest BCUT2D eigenvalue weighted by molar-refractivity contribution is 0.107. The number of H-pyrrole nitrogens is 1. The molecule has 1 atom stereocenters. The first-order valence-corrected chi connectivity index (χ1v) is 25.1. The summed E-state index contributed by atoms with van der Waals surface area (Å²) in [7, 11) is -7.10. The lowest BCUT2D eigenvalue weighted by atomic mass is 9.86. The molecule has 1 aliphatic heterocycles. The Kier molecular flexibility index (Phi) is 13.2. The van der Waals surface area contributed by atoms with E-state index in [1.165, 1.54) is 20.8 Å². The van der Waals surface area contributed by atoms with Gasteiger partial charge >= 0.3 is 0 Å². The lowest BCUT2D eigenvalue weighted by Gasteiger charge is -2.36. The second-order valence-corrected chi connectivity index (χ2v) is 21.9. The first kappa shape index (κ1) is 43.9. The zero-order valence-corrected chi connectivity index (χ0v) is 36.7. The second-order valence-electron chi connectivity index (χ2n) is 16.6. The van der Waals surface area contributed by atoms with Gasteiger partial charge in [-0.15, -0.1) is 0 Å². The van der Waals surface area contributed by atoms with E-state index in [1.807, 2.05) is 31.1 Å². The molecular formula is C40H55N9O8S3. The van der Waals surface area contributed by atoms with Crippen LogP contribution in [0.15, 0.2) is 66.3 Å². The highest BCUT2D eigenvalue weighted by Crippen LogP contribution is 2.35. The summed E-state index contributed by atoms with van der Waals surface area (Å²) < 4.78 is 85.9. The molecule has 1 saturated heterocycles. The standard InChI is InChI=1S/C21H26N4O5S2.C19H29N5O3S/c1-15-3-9-18(10-4-15)32(29,30)25-12-11-19-20(22-14-23-21(19)25)24(2)17-7-5-16(6-8-17)13-31(26,27)28;1-23(19-17-8-9-20-18(17)21-13-22-19)15-6-4-14(5-7-15)12-28(26,27)24-10-2-3-16(25)11-24/h3-4,9-12,14,16-17H,5-8,13H2,1-2H3,(H,26,27,28);8-9,13-16,25H,2-7,10-12H2,1H3,(H,20,21,22)/t;14?,15?,16-/m.1/s1. The van der Waals surface area contributed by atoms with Crippen molar-refractivity contribution in [3.63, 3.8) is 0 Å². The third-order valence-corrected chi connectivity index (χ3v) is 17.0. The molecule has 2 aliphatic carbocycles. The minimum atomic E-state index is -3.97. The summed E-state index contributed by atoms with van der Waals surface area (Å²) in [6, 6.07) is 10.8. The number of β-amino-alcohol motifs (C(OH)–C–C–N with tert-alkyl or cyclic N) is 1. The van der Waals surface area contributed by atoms with Crippen LogP contribution in [0, 0.1) is 18.8 Å². The molecule has 17 nitrogen and oxygen atoms in total. The van der Waals surface area contributed by atoms with E-state index in [2.05, 4.69) is 36.9 Å². The molecule has 0 radical (unpaired) electrons. The van der Waals surface area contributed by atoms with Gasteiger partial charge in [-0.05, 0) is 107 Å². The van der Waals surface area contributed by atoms with Crippen LogP contribution in [0.2, 0.25) is 0 Å². The molecule has 2 saturated carbocycles. The van der Waals surface area contributed by atoms with E-state index in [4.69, 9.17) is 4.55 Å². The van der Waals surface area contributed by atoms with E-state index >= 15 is 0 Å². The van der Waals surface area contributed by atoms with E-state index in [1.54, 1.807) is 36.7 Å². The number of benzene rings is 1. The Bertz CT molecular complexity index is 2590. The van der Waals surface area contributed by atoms with Gasteiger partial charge in [-0.2, -0.15) is 12.7 Å². The number of fused-ring (bicyclic) bond motifs is 2. The van der Waals surface area contributed by atoms with E-state index in [-0.39, 0.29) is 40.8 Å². The Hall–Kier alpha value is -4.21. The van der Waals surface area contributed by atoms with Crippen molar-refractivity contribution < 1.29 is 34.9 Å². The Morgan fingerprint density at radius 3 is 1.92 bits per heavy atom. The van der Waals surface area contributed by atoms with Crippen molar-refractivity contribution in [2.45, 2.75) is 94.2 Å². The highest BCUT2D eigenvalue weighted by atomic mass is 32.2. The third kappa shape index (κ3) is 9.94. The largest absolute Gasteiger partial charge is 0.392 e. The van der Waals surface area contributed by atoms with Gasteiger partial charge in [0.25, 0.3) is 20.1 Å². The number of rotatable bonds is 11. The molecule has 5 heterocycles. The number of sulfonamides is 1. The summed E-state index contributed by atoms with van der Waals surface area (Å²) in [6.45, 7) is 2.69. The molecule has 0 amide bonds. The molecule has 326 valence electrons. The summed E-state index contributed by atoms with van der Waals surface area (Å²) in [6.07, 6.45) is 13.8. The van der Waals surface area contributed by atoms with Gasteiger partial charge in [0.05, 0.1) is 33.3 Å². The van der Waals surface area contributed by atoms with E-state index in [0.717, 1.165) is 67.4 Å². The lowest BCUT2D eigenvalue weighted by Crippen LogP contribution is -2.45. The molecule has 20 heteroatoms. The summed E-state index contributed by atoms with van der Waals surface area (Å²) >= 11 is 0. The summed E-state index contributed by atoms with van der Waals surface area (Å²) in [5.74, 6) is 1.68. The minimum absolute atomic E-state index is 0.0548. The number of piperidine rings is 1. The van der Waals surface area contributed by atoms with E-state index in [0.29, 0.717) is 48.7 Å². The molecule has 5 aromatic rings. The highest BCUT2D eigenvalue weighted by molar-refractivity contribution is 7.90. The van der Waals surface area contributed by atoms with Crippen LogP contribution in [0.1, 0.15) is 69.8 Å². The Morgan fingerprint density at radius 1 is 0.733 bits per heavy atom. The number of anilines is 2. The Morgan fingerprint density at radius 2 is 1.32 bits per heavy atom. The highest BCUT2D eigenvalue weighted by Gasteiger charge is 2.34. The van der Waals surface area contributed by atoms with Crippen LogP contribution in [0.25, 0.3) is 22.1 Å². The smallest absolute Gasteiger partial charge is 0.269 e. The van der Waals surface area contributed by atoms with Crippen molar-refractivity contribution >= 4 is 63.9 Å². The fraction of sp³-hybridized carbons (Fsp3) is 0.550. The molecule has 8 rings (SSSR count). The third-order valence-electron chi connectivity index (χ3n) is 12.4. The Balaban J connectivity index is 0.000000183. The topological polar surface area (TPSA) is 225 Å². The number of aryl methyl sites for hydroxylation is 1. The molecule has 0 spiro atoms. The monoisotopic (exact) mass is 885 g/mol. The maximum atomic E-state index is 13.2. The Labute approximate surface area is 352 Å². The zero-order chi connectivity index (χ0) is 42.8. The number of nitrogens with one attached hydrogen (secondary N) is 1. The molecule has 4 aromatic heterocycles. The van der Waals surface area contributed by atoms with Gasteiger partial charge in [0.15, 0.2) is 5.65 Å². The number of aliphatic hydroxyl groups excluding tert-OH is 1. The van der Waals surface area contributed by atoms with Crippen LogP contribution >= 0.6 is 0 Å². The number of aliphatic hydroxyl groups is 1. The van der Waals surface area contributed by atoms with Crippen LogP contribution in [0.4, 0.5) is 11.6 Å². The van der Waals surface area contributed by atoms with Crippen LogP contribution in [0.3, 0.4) is 0 Å². The molecule has 60 heavy (non-hydrogen) atoms. The first-order valence-electron chi connectivity index (χ1n) is 20.5. The van der Waals surface area contributed by atoms with Crippen molar-refractivity contribution in [3.8, 4) is 0 Å². The van der Waals surface area contributed by atoms with Crippen molar-refractivity contribution in [1.29, 1.82) is 0 Å². The van der Waals surface area contributed by atoms with Crippen molar-refractivity contribution in [2.75, 3.05) is 48.5 Å². The molecule has 0 bridgehead atoms. The average Bonchev–Trinajstić information content (AvgIpc) is 3.89. The molecule has 3 N–H and O–H groups in total. The van der Waals surface area contributed by atoms with Crippen molar-refractivity contribution in [2.24, 2.45) is 11.8 Å². The van der Waals surface area contributed by atoms with Crippen LogP contribution in [-0.4, -0.2) is 125 Å². The number of nitrogens with zero attached hydrogens (tertiary/aromatic N) is 8. The van der Waals surface area contributed by atoms with Crippen molar-refractivity contribution in [1.82, 2.24) is 33.2 Å². The summed E-state index contributed by atoms with van der Waals surface area (Å²) in [5, 5.41) is 11.4. The van der Waals surface area contributed by atoms with E-state index < -0.39 is 36.3 Å². The fourth-order valence-corrected chi connectivity index (χ4v) is 13.1. The second kappa shape index (κ2) is 18.0. The number of aromatic nitrogens is 6. The van der Waals surface area contributed by atoms with Crippen LogP contribution in [-0.2, 0) is 30.2 Å². The van der Waals surface area contributed by atoms with Gasteiger partial charge in [0.1, 0.15) is 29.9 Å². The summed E-state index contributed by atoms with van der Waals surface area (Å²) in [5.41, 5.74) is 2.11. The fourth-order valence-electron chi connectivity index (χ4n) is 8.97. The van der Waals surface area contributed by atoms with Gasteiger partial charge < -0.3 is 19.9 Å². The zero-order valence-electron chi connectivity index (χ0n) is 34.2. The maximum Gasteiger partial charge on any atom is 0.269 e. The molecule has 1 aromatic carbocycles. The average molecular weight is 886 g/mol. The number of hydrogen-bond acceptors (Lipinski definition) is 13. The predicted molar refractivity (Wildman–Crippen MR) is 230 cm³/mol. The van der Waals surface area contributed by atoms with Crippen LogP contribution in [0.5, 0.6) is 0 Å². The van der Waals surface area contributed by atoms with Gasteiger partial charge in [0.2, 0.25) is 10.0 Å².